The van der Waals surface area contributed by atoms with Crippen LogP contribution in [-0.2, 0) is 14.3 Å². The Hall–Kier alpha value is -2.44. The smallest absolute Gasteiger partial charge is 0.344 e. The number of benzene rings is 1. The summed E-state index contributed by atoms with van der Waals surface area (Å²) in [5.41, 5.74) is 5.99. The van der Waals surface area contributed by atoms with Crippen molar-refractivity contribution in [3.8, 4) is 11.5 Å². The number of hydrogen-bond donors (Lipinski definition) is 1. The Morgan fingerprint density at radius 1 is 1.10 bits per heavy atom. The van der Waals surface area contributed by atoms with Crippen LogP contribution in [0.25, 0.3) is 0 Å². The molecule has 0 aromatic heterocycles. The second-order valence-electron chi connectivity index (χ2n) is 3.68. The first-order valence-corrected chi connectivity index (χ1v) is 5.87. The molecule has 0 aliphatic carbocycles. The van der Waals surface area contributed by atoms with E-state index in [2.05, 4.69) is 4.74 Å². The van der Waals surface area contributed by atoms with Crippen LogP contribution in [0, 0.1) is 0 Å². The summed E-state index contributed by atoms with van der Waals surface area (Å²) in [4.78, 5) is 22.9. The largest absolute Gasteiger partial charge is 0.493 e. The van der Waals surface area contributed by atoms with E-state index in [1.54, 1.807) is 6.92 Å². The van der Waals surface area contributed by atoms with Gasteiger partial charge in [0.2, 0.25) is 0 Å². The lowest BCUT2D eigenvalue weighted by Crippen LogP contribution is -2.17. The van der Waals surface area contributed by atoms with E-state index in [0.717, 1.165) is 0 Å². The second kappa shape index (κ2) is 7.22. The molecule has 0 atom stereocenters. The third kappa shape index (κ3) is 3.78. The monoisotopic (exact) mass is 283 g/mol. The van der Waals surface area contributed by atoms with Gasteiger partial charge in [-0.3, -0.25) is 0 Å². The van der Waals surface area contributed by atoms with Crippen molar-refractivity contribution in [1.82, 2.24) is 0 Å². The molecule has 0 aliphatic heterocycles. The Morgan fingerprint density at radius 2 is 1.70 bits per heavy atom. The first kappa shape index (κ1) is 15.6. The number of rotatable bonds is 6. The van der Waals surface area contributed by atoms with Gasteiger partial charge in [0.25, 0.3) is 0 Å². The van der Waals surface area contributed by atoms with E-state index < -0.39 is 18.5 Å². The summed E-state index contributed by atoms with van der Waals surface area (Å²) in [5.74, 6) is -0.631. The van der Waals surface area contributed by atoms with E-state index in [1.165, 1.54) is 26.4 Å². The van der Waals surface area contributed by atoms with Gasteiger partial charge in [0, 0.05) is 12.1 Å². The van der Waals surface area contributed by atoms with Crippen LogP contribution in [0.15, 0.2) is 12.1 Å². The predicted molar refractivity (Wildman–Crippen MR) is 70.9 cm³/mol. The zero-order valence-corrected chi connectivity index (χ0v) is 11.6. The maximum Gasteiger partial charge on any atom is 0.344 e. The molecule has 0 heterocycles. The van der Waals surface area contributed by atoms with Gasteiger partial charge in [-0.1, -0.05) is 0 Å². The van der Waals surface area contributed by atoms with Gasteiger partial charge in [-0.15, -0.1) is 0 Å². The molecule has 0 fully saturated rings. The Labute approximate surface area is 116 Å². The van der Waals surface area contributed by atoms with Crippen molar-refractivity contribution in [3.63, 3.8) is 0 Å². The van der Waals surface area contributed by atoms with Crippen molar-refractivity contribution >= 4 is 17.6 Å². The number of esters is 2. The van der Waals surface area contributed by atoms with Gasteiger partial charge in [-0.2, -0.15) is 0 Å². The molecular weight excluding hydrogens is 266 g/mol. The van der Waals surface area contributed by atoms with Gasteiger partial charge in [0.1, 0.15) is 0 Å². The highest BCUT2D eigenvalue weighted by Gasteiger charge is 2.17. The third-order valence-electron chi connectivity index (χ3n) is 2.40. The molecule has 0 radical (unpaired) electrons. The molecule has 0 bridgehead atoms. The van der Waals surface area contributed by atoms with Crippen LogP contribution < -0.4 is 15.2 Å². The molecule has 1 aromatic rings. The molecule has 0 aliphatic rings. The minimum atomic E-state index is -0.739. The van der Waals surface area contributed by atoms with E-state index in [1.807, 2.05) is 0 Å². The number of methoxy groups -OCH3 is 2. The van der Waals surface area contributed by atoms with Gasteiger partial charge >= 0.3 is 11.9 Å². The molecule has 110 valence electrons. The molecule has 0 amide bonds. The second-order valence-corrected chi connectivity index (χ2v) is 3.68. The van der Waals surface area contributed by atoms with Crippen LogP contribution in [0.5, 0.6) is 11.5 Å². The molecule has 7 nitrogen and oxygen atoms in total. The fourth-order valence-corrected chi connectivity index (χ4v) is 1.48. The lowest BCUT2D eigenvalue weighted by atomic mass is 10.1. The number of nitrogens with two attached hydrogens (primary N) is 1. The number of anilines is 1. The van der Waals surface area contributed by atoms with Gasteiger partial charge in [0.05, 0.1) is 32.1 Å². The number of hydrogen-bond acceptors (Lipinski definition) is 7. The van der Waals surface area contributed by atoms with E-state index in [4.69, 9.17) is 19.9 Å². The van der Waals surface area contributed by atoms with Crippen LogP contribution in [0.1, 0.15) is 17.3 Å². The van der Waals surface area contributed by atoms with Gasteiger partial charge < -0.3 is 24.7 Å². The lowest BCUT2D eigenvalue weighted by Gasteiger charge is -2.12. The first-order chi connectivity index (χ1) is 9.53. The Morgan fingerprint density at radius 3 is 2.25 bits per heavy atom. The summed E-state index contributed by atoms with van der Waals surface area (Å²) >= 11 is 0. The van der Waals surface area contributed by atoms with Crippen molar-refractivity contribution in [2.24, 2.45) is 0 Å². The highest BCUT2D eigenvalue weighted by atomic mass is 16.6. The fraction of sp³-hybridized carbons (Fsp3) is 0.385. The molecule has 0 unspecified atom stereocenters. The normalized spacial score (nSPS) is 9.75. The molecule has 0 saturated heterocycles. The molecule has 0 spiro atoms. The van der Waals surface area contributed by atoms with Gasteiger partial charge in [-0.05, 0) is 6.92 Å². The average Bonchev–Trinajstić information content (AvgIpc) is 2.44. The van der Waals surface area contributed by atoms with E-state index >= 15 is 0 Å². The molecule has 1 rings (SSSR count). The average molecular weight is 283 g/mol. The summed E-state index contributed by atoms with van der Waals surface area (Å²) in [7, 11) is 2.89. The fourth-order valence-electron chi connectivity index (χ4n) is 1.48. The zero-order chi connectivity index (χ0) is 15.1. The molecule has 20 heavy (non-hydrogen) atoms. The van der Waals surface area contributed by atoms with Crippen LogP contribution in [-0.4, -0.2) is 39.4 Å². The maximum absolute atomic E-state index is 11.8. The van der Waals surface area contributed by atoms with Crippen LogP contribution >= 0.6 is 0 Å². The summed E-state index contributed by atoms with van der Waals surface area (Å²) in [6, 6.07) is 2.83. The van der Waals surface area contributed by atoms with Gasteiger partial charge in [0.15, 0.2) is 18.1 Å². The third-order valence-corrected chi connectivity index (χ3v) is 2.40. The highest BCUT2D eigenvalue weighted by molar-refractivity contribution is 5.97. The number of carbonyl (C=O) groups is 2. The number of nitrogen functional groups attached to an aromatic ring is 1. The molecule has 7 heteroatoms. The van der Waals surface area contributed by atoms with E-state index in [9.17, 15) is 9.59 Å². The minimum Gasteiger partial charge on any atom is -0.493 e. The minimum absolute atomic E-state index is 0.0898. The molecule has 0 saturated carbocycles. The quantitative estimate of drug-likeness (QED) is 0.614. The van der Waals surface area contributed by atoms with Crippen LogP contribution in [0.2, 0.25) is 0 Å². The molecular formula is C13H17NO6. The Kier molecular flexibility index (Phi) is 5.64. The van der Waals surface area contributed by atoms with Crippen molar-refractivity contribution in [1.29, 1.82) is 0 Å². The SMILES string of the molecule is CCOC(=O)COC(=O)c1cc(OC)c(OC)cc1N. The summed E-state index contributed by atoms with van der Waals surface area (Å²) in [5, 5.41) is 0. The van der Waals surface area contributed by atoms with Crippen molar-refractivity contribution < 1.29 is 28.5 Å². The van der Waals surface area contributed by atoms with Crippen molar-refractivity contribution in [3.05, 3.63) is 17.7 Å². The lowest BCUT2D eigenvalue weighted by molar-refractivity contribution is -0.146. The summed E-state index contributed by atoms with van der Waals surface area (Å²) < 4.78 is 19.6. The van der Waals surface area contributed by atoms with E-state index in [-0.39, 0.29) is 17.9 Å². The Bertz CT molecular complexity index is 500. The highest BCUT2D eigenvalue weighted by Crippen LogP contribution is 2.32. The predicted octanol–water partition coefficient (Wildman–Crippen LogP) is 1.01. The summed E-state index contributed by atoms with van der Waals surface area (Å²) in [6.45, 7) is 1.40. The topological polar surface area (TPSA) is 97.1 Å². The number of carbonyl (C=O) groups excluding carboxylic acids is 2. The van der Waals surface area contributed by atoms with Crippen LogP contribution in [0.3, 0.4) is 0 Å². The van der Waals surface area contributed by atoms with Crippen molar-refractivity contribution in [2.45, 2.75) is 6.92 Å². The van der Waals surface area contributed by atoms with E-state index in [0.29, 0.717) is 11.5 Å². The number of ether oxygens (including phenoxy) is 4. The van der Waals surface area contributed by atoms with Gasteiger partial charge in [-0.25, -0.2) is 9.59 Å². The standard InChI is InChI=1S/C13H17NO6/c1-4-19-12(15)7-20-13(16)8-5-10(17-2)11(18-3)6-9(8)14/h5-6H,4,7,14H2,1-3H3. The van der Waals surface area contributed by atoms with Crippen LogP contribution in [0.4, 0.5) is 5.69 Å². The van der Waals surface area contributed by atoms with Crippen molar-refractivity contribution in [2.75, 3.05) is 33.2 Å². The summed E-state index contributed by atoms with van der Waals surface area (Å²) in [6.07, 6.45) is 0. The molecule has 2 N–H and O–H groups in total. The Balaban J connectivity index is 2.85. The zero-order valence-electron chi connectivity index (χ0n) is 11.6. The molecule has 1 aromatic carbocycles. The first-order valence-electron chi connectivity index (χ1n) is 5.87. The maximum atomic E-state index is 11.8.